The maximum atomic E-state index is 11.6. The van der Waals surface area contributed by atoms with Gasteiger partial charge in [0, 0.05) is 18.9 Å². The molecule has 2 aromatic heterocycles. The van der Waals surface area contributed by atoms with Gasteiger partial charge in [-0.25, -0.2) is 0 Å². The van der Waals surface area contributed by atoms with Gasteiger partial charge in [0.2, 0.25) is 0 Å². The zero-order valence-electron chi connectivity index (χ0n) is 10.7. The lowest BCUT2D eigenvalue weighted by Gasteiger charge is -2.04. The number of aromatic nitrogens is 2. The van der Waals surface area contributed by atoms with Gasteiger partial charge in [0.05, 0.1) is 5.69 Å². The van der Waals surface area contributed by atoms with Gasteiger partial charge in [-0.05, 0) is 31.3 Å². The Balaban J connectivity index is 0.000000686. The van der Waals surface area contributed by atoms with Gasteiger partial charge in [0.15, 0.2) is 0 Å². The van der Waals surface area contributed by atoms with E-state index in [0.29, 0.717) is 5.52 Å². The number of H-pyrrole nitrogens is 1. The summed E-state index contributed by atoms with van der Waals surface area (Å²) in [4.78, 5) is 14.5. The standard InChI is InChI=1S/C11H13N3O.C2H6/c1-8-9(5-6-12-2)13-11(15)10-4-3-7-14(8)10;1-2/h3-7,12H,1-2H3,(H,13,15);1-2H3/b6-5-;. The highest BCUT2D eigenvalue weighted by Crippen LogP contribution is 2.08. The number of aromatic amines is 1. The number of aryl methyl sites for hydroxylation is 1. The monoisotopic (exact) mass is 233 g/mol. The molecule has 0 atom stereocenters. The summed E-state index contributed by atoms with van der Waals surface area (Å²) in [6.45, 7) is 5.97. The molecule has 4 heteroatoms. The second-order valence-electron chi connectivity index (χ2n) is 3.34. The first-order valence-corrected chi connectivity index (χ1v) is 5.78. The summed E-state index contributed by atoms with van der Waals surface area (Å²) in [6, 6.07) is 3.67. The third kappa shape index (κ3) is 2.58. The quantitative estimate of drug-likeness (QED) is 0.835. The average Bonchev–Trinajstić information content (AvgIpc) is 2.84. The van der Waals surface area contributed by atoms with E-state index in [1.165, 1.54) is 0 Å². The van der Waals surface area contributed by atoms with Crippen LogP contribution in [0, 0.1) is 6.92 Å². The summed E-state index contributed by atoms with van der Waals surface area (Å²) in [5.74, 6) is 0. The highest BCUT2D eigenvalue weighted by atomic mass is 16.1. The van der Waals surface area contributed by atoms with Crippen LogP contribution in [0.4, 0.5) is 0 Å². The maximum Gasteiger partial charge on any atom is 0.272 e. The molecule has 0 aliphatic rings. The van der Waals surface area contributed by atoms with Gasteiger partial charge in [-0.1, -0.05) is 13.8 Å². The van der Waals surface area contributed by atoms with Crippen LogP contribution in [0.25, 0.3) is 11.6 Å². The number of fused-ring (bicyclic) bond motifs is 1. The molecule has 2 aromatic rings. The smallest absolute Gasteiger partial charge is 0.272 e. The van der Waals surface area contributed by atoms with Crippen molar-refractivity contribution >= 4 is 11.6 Å². The van der Waals surface area contributed by atoms with E-state index in [-0.39, 0.29) is 5.56 Å². The molecule has 2 N–H and O–H groups in total. The number of nitrogens with one attached hydrogen (secondary N) is 2. The third-order valence-corrected chi connectivity index (χ3v) is 2.40. The normalized spacial score (nSPS) is 10.4. The van der Waals surface area contributed by atoms with E-state index in [0.717, 1.165) is 11.4 Å². The molecule has 0 saturated carbocycles. The van der Waals surface area contributed by atoms with Crippen molar-refractivity contribution in [2.75, 3.05) is 7.05 Å². The first-order chi connectivity index (χ1) is 8.24. The summed E-state index contributed by atoms with van der Waals surface area (Å²) in [5.41, 5.74) is 2.44. The molecule has 17 heavy (non-hydrogen) atoms. The Labute approximate surface area is 101 Å². The highest BCUT2D eigenvalue weighted by molar-refractivity contribution is 5.54. The summed E-state index contributed by atoms with van der Waals surface area (Å²) in [7, 11) is 1.82. The average molecular weight is 233 g/mol. The first kappa shape index (κ1) is 13.1. The lowest BCUT2D eigenvalue weighted by atomic mass is 10.3. The largest absolute Gasteiger partial charge is 0.394 e. The predicted octanol–water partition coefficient (Wildman–Crippen LogP) is 2.15. The van der Waals surface area contributed by atoms with Crippen molar-refractivity contribution in [1.29, 1.82) is 0 Å². The topological polar surface area (TPSA) is 49.3 Å². The molecule has 0 aliphatic heterocycles. The van der Waals surface area contributed by atoms with E-state index in [4.69, 9.17) is 0 Å². The first-order valence-electron chi connectivity index (χ1n) is 5.78. The van der Waals surface area contributed by atoms with Crippen LogP contribution in [0.3, 0.4) is 0 Å². The van der Waals surface area contributed by atoms with Gasteiger partial charge >= 0.3 is 0 Å². The summed E-state index contributed by atoms with van der Waals surface area (Å²) in [6.07, 6.45) is 5.51. The van der Waals surface area contributed by atoms with Crippen LogP contribution in [0.15, 0.2) is 29.3 Å². The molecule has 4 nitrogen and oxygen atoms in total. The Morgan fingerprint density at radius 3 is 2.76 bits per heavy atom. The number of rotatable bonds is 2. The number of nitrogens with zero attached hydrogens (tertiary/aromatic N) is 1. The zero-order valence-corrected chi connectivity index (χ0v) is 10.7. The lowest BCUT2D eigenvalue weighted by Crippen LogP contribution is -2.13. The van der Waals surface area contributed by atoms with Crippen LogP contribution in [0.1, 0.15) is 25.2 Å². The van der Waals surface area contributed by atoms with Crippen molar-refractivity contribution in [3.8, 4) is 0 Å². The summed E-state index contributed by atoms with van der Waals surface area (Å²) in [5, 5.41) is 2.89. The van der Waals surface area contributed by atoms with Crippen LogP contribution in [0.5, 0.6) is 0 Å². The molecule has 0 spiro atoms. The molecule has 0 radical (unpaired) electrons. The number of hydrogen-bond donors (Lipinski definition) is 2. The van der Waals surface area contributed by atoms with Gasteiger partial charge in [-0.15, -0.1) is 0 Å². The van der Waals surface area contributed by atoms with Crippen molar-refractivity contribution < 1.29 is 0 Å². The van der Waals surface area contributed by atoms with Gasteiger partial charge in [-0.3, -0.25) is 4.79 Å². The molecule has 0 aliphatic carbocycles. The molecule has 92 valence electrons. The molecule has 0 saturated heterocycles. The Kier molecular flexibility index (Phi) is 4.57. The molecule has 2 rings (SSSR count). The zero-order chi connectivity index (χ0) is 12.8. The second kappa shape index (κ2) is 5.94. The summed E-state index contributed by atoms with van der Waals surface area (Å²) >= 11 is 0. The molecule has 0 bridgehead atoms. The molecule has 0 amide bonds. The van der Waals surface area contributed by atoms with E-state index in [9.17, 15) is 4.79 Å². The highest BCUT2D eigenvalue weighted by Gasteiger charge is 2.04. The Morgan fingerprint density at radius 2 is 2.12 bits per heavy atom. The van der Waals surface area contributed by atoms with E-state index < -0.39 is 0 Å². The minimum atomic E-state index is -0.0682. The van der Waals surface area contributed by atoms with Crippen molar-refractivity contribution in [2.45, 2.75) is 20.8 Å². The van der Waals surface area contributed by atoms with Crippen LogP contribution in [0.2, 0.25) is 0 Å². The van der Waals surface area contributed by atoms with Gasteiger partial charge in [-0.2, -0.15) is 0 Å². The molecule has 0 unspecified atom stereocenters. The Morgan fingerprint density at radius 1 is 1.41 bits per heavy atom. The SMILES string of the molecule is CC.CN/C=C\c1[nH]c(=O)c2cccn2c1C. The van der Waals surface area contributed by atoms with Crippen molar-refractivity contribution in [3.05, 3.63) is 46.3 Å². The lowest BCUT2D eigenvalue weighted by molar-refractivity contribution is 1.01. The molecular weight excluding hydrogens is 214 g/mol. The van der Waals surface area contributed by atoms with Crippen molar-refractivity contribution in [3.63, 3.8) is 0 Å². The predicted molar refractivity (Wildman–Crippen MR) is 72.2 cm³/mol. The van der Waals surface area contributed by atoms with Crippen molar-refractivity contribution in [2.24, 2.45) is 0 Å². The molecular formula is C13H19N3O. The fourth-order valence-corrected chi connectivity index (χ4v) is 1.59. The molecule has 0 aromatic carbocycles. The van der Waals surface area contributed by atoms with Crippen LogP contribution < -0.4 is 10.9 Å². The second-order valence-corrected chi connectivity index (χ2v) is 3.34. The van der Waals surface area contributed by atoms with Gasteiger partial charge in [0.25, 0.3) is 5.56 Å². The van der Waals surface area contributed by atoms with Gasteiger partial charge < -0.3 is 14.7 Å². The number of hydrogen-bond acceptors (Lipinski definition) is 2. The third-order valence-electron chi connectivity index (χ3n) is 2.40. The van der Waals surface area contributed by atoms with Gasteiger partial charge in [0.1, 0.15) is 5.52 Å². The Hall–Kier alpha value is -1.97. The van der Waals surface area contributed by atoms with E-state index in [2.05, 4.69) is 10.3 Å². The van der Waals surface area contributed by atoms with Crippen LogP contribution in [-0.2, 0) is 0 Å². The summed E-state index contributed by atoms with van der Waals surface area (Å²) < 4.78 is 1.88. The minimum absolute atomic E-state index is 0.0682. The molecule has 2 heterocycles. The van der Waals surface area contributed by atoms with E-state index >= 15 is 0 Å². The van der Waals surface area contributed by atoms with Crippen molar-refractivity contribution in [1.82, 2.24) is 14.7 Å². The Bertz CT molecular complexity index is 564. The maximum absolute atomic E-state index is 11.6. The molecule has 0 fully saturated rings. The van der Waals surface area contributed by atoms with Crippen LogP contribution in [-0.4, -0.2) is 16.4 Å². The van der Waals surface area contributed by atoms with E-state index in [1.54, 1.807) is 12.3 Å². The fraction of sp³-hybridized carbons (Fsp3) is 0.308. The minimum Gasteiger partial charge on any atom is -0.394 e. The fourth-order valence-electron chi connectivity index (χ4n) is 1.59. The van der Waals surface area contributed by atoms with E-state index in [1.807, 2.05) is 50.6 Å². The van der Waals surface area contributed by atoms with Crippen LogP contribution >= 0.6 is 0 Å².